The summed E-state index contributed by atoms with van der Waals surface area (Å²) in [4.78, 5) is 0. The van der Waals surface area contributed by atoms with Crippen LogP contribution < -0.4 is 0 Å². The first-order valence-corrected chi connectivity index (χ1v) is 8.75. The molecule has 1 heteroatoms. The Kier molecular flexibility index (Phi) is 6.89. The lowest BCUT2D eigenvalue weighted by Crippen LogP contribution is -2.06. The van der Waals surface area contributed by atoms with Crippen LogP contribution in [0.4, 0.5) is 0 Å². The first-order chi connectivity index (χ1) is 7.33. The SMILES string of the molecule is CCCCP1C(CCC)CCC1CCC. The molecule has 1 fully saturated rings. The highest BCUT2D eigenvalue weighted by Gasteiger charge is 2.33. The molecule has 1 rings (SSSR count). The van der Waals surface area contributed by atoms with Crippen molar-refractivity contribution >= 4 is 7.92 Å². The minimum absolute atomic E-state index is 0.410. The summed E-state index contributed by atoms with van der Waals surface area (Å²) in [6.45, 7) is 7.07. The highest BCUT2D eigenvalue weighted by Crippen LogP contribution is 2.58. The fourth-order valence-electron chi connectivity index (χ4n) is 3.01. The second-order valence-electron chi connectivity index (χ2n) is 5.05. The molecule has 0 amide bonds. The second kappa shape index (κ2) is 7.66. The molecule has 0 bridgehead atoms. The van der Waals surface area contributed by atoms with Crippen LogP contribution in [0.2, 0.25) is 0 Å². The van der Waals surface area contributed by atoms with E-state index >= 15 is 0 Å². The van der Waals surface area contributed by atoms with E-state index in [0.717, 1.165) is 11.3 Å². The first kappa shape index (κ1) is 13.5. The van der Waals surface area contributed by atoms with Crippen LogP contribution in [0.25, 0.3) is 0 Å². The van der Waals surface area contributed by atoms with Gasteiger partial charge in [0.25, 0.3) is 0 Å². The van der Waals surface area contributed by atoms with Gasteiger partial charge >= 0.3 is 0 Å². The van der Waals surface area contributed by atoms with Crippen LogP contribution in [0.15, 0.2) is 0 Å². The molecular formula is C14H29P. The summed E-state index contributed by atoms with van der Waals surface area (Å²) in [5, 5.41) is 0. The molecule has 0 aromatic rings. The van der Waals surface area contributed by atoms with Crippen LogP contribution in [-0.4, -0.2) is 17.5 Å². The lowest BCUT2D eigenvalue weighted by molar-refractivity contribution is 0.649. The zero-order valence-electron chi connectivity index (χ0n) is 11.0. The molecule has 90 valence electrons. The van der Waals surface area contributed by atoms with Crippen LogP contribution >= 0.6 is 7.92 Å². The Bertz CT molecular complexity index is 141. The van der Waals surface area contributed by atoms with E-state index in [-0.39, 0.29) is 0 Å². The zero-order valence-corrected chi connectivity index (χ0v) is 11.9. The fourth-order valence-corrected chi connectivity index (χ4v) is 7.16. The Hall–Kier alpha value is 0.430. The van der Waals surface area contributed by atoms with Gasteiger partial charge in [-0.15, -0.1) is 7.92 Å². The van der Waals surface area contributed by atoms with Gasteiger partial charge in [-0.25, -0.2) is 0 Å². The molecule has 2 unspecified atom stereocenters. The molecule has 0 N–H and O–H groups in total. The van der Waals surface area contributed by atoms with Crippen molar-refractivity contribution in [3.8, 4) is 0 Å². The van der Waals surface area contributed by atoms with Gasteiger partial charge in [-0.3, -0.25) is 0 Å². The van der Waals surface area contributed by atoms with Crippen molar-refractivity contribution in [2.24, 2.45) is 0 Å². The van der Waals surface area contributed by atoms with E-state index in [1.807, 2.05) is 0 Å². The van der Waals surface area contributed by atoms with Gasteiger partial charge in [0.1, 0.15) is 0 Å². The van der Waals surface area contributed by atoms with Gasteiger partial charge in [-0.1, -0.05) is 40.0 Å². The molecule has 1 aliphatic rings. The molecule has 0 aromatic carbocycles. The maximum atomic E-state index is 2.36. The van der Waals surface area contributed by atoms with E-state index in [0.29, 0.717) is 7.92 Å². The zero-order chi connectivity index (χ0) is 11.1. The van der Waals surface area contributed by atoms with Crippen molar-refractivity contribution in [3.63, 3.8) is 0 Å². The predicted octanol–water partition coefficient (Wildman–Crippen LogP) is 5.40. The Morgan fingerprint density at radius 3 is 1.80 bits per heavy atom. The van der Waals surface area contributed by atoms with Crippen LogP contribution in [0.5, 0.6) is 0 Å². The molecule has 1 saturated heterocycles. The molecular weight excluding hydrogens is 199 g/mol. The normalized spacial score (nSPS) is 31.0. The first-order valence-electron chi connectivity index (χ1n) is 7.09. The molecule has 1 heterocycles. The van der Waals surface area contributed by atoms with E-state index in [1.165, 1.54) is 38.5 Å². The molecule has 0 aromatic heterocycles. The highest BCUT2D eigenvalue weighted by atomic mass is 31.1. The van der Waals surface area contributed by atoms with Crippen LogP contribution in [0, 0.1) is 0 Å². The molecule has 15 heavy (non-hydrogen) atoms. The van der Waals surface area contributed by atoms with E-state index < -0.39 is 0 Å². The summed E-state index contributed by atoms with van der Waals surface area (Å²) >= 11 is 0. The van der Waals surface area contributed by atoms with Crippen molar-refractivity contribution in [1.29, 1.82) is 0 Å². The molecule has 0 spiro atoms. The van der Waals surface area contributed by atoms with Crippen molar-refractivity contribution in [1.82, 2.24) is 0 Å². The van der Waals surface area contributed by atoms with E-state index in [4.69, 9.17) is 0 Å². The molecule has 0 nitrogen and oxygen atoms in total. The van der Waals surface area contributed by atoms with Crippen molar-refractivity contribution in [2.45, 2.75) is 83.5 Å². The van der Waals surface area contributed by atoms with Crippen molar-refractivity contribution in [3.05, 3.63) is 0 Å². The average molecular weight is 228 g/mol. The van der Waals surface area contributed by atoms with Gasteiger partial charge in [0, 0.05) is 0 Å². The quantitative estimate of drug-likeness (QED) is 0.512. The summed E-state index contributed by atoms with van der Waals surface area (Å²) in [5.74, 6) is 0. The monoisotopic (exact) mass is 228 g/mol. The largest absolute Gasteiger partial charge is 0.100 e. The van der Waals surface area contributed by atoms with Crippen molar-refractivity contribution < 1.29 is 0 Å². The summed E-state index contributed by atoms with van der Waals surface area (Å²) in [6.07, 6.45) is 13.5. The minimum atomic E-state index is 0.410. The van der Waals surface area contributed by atoms with Gasteiger partial charge in [0.2, 0.25) is 0 Å². The minimum Gasteiger partial charge on any atom is -0.100 e. The Labute approximate surface area is 98.0 Å². The predicted molar refractivity (Wildman–Crippen MR) is 73.3 cm³/mol. The van der Waals surface area contributed by atoms with Crippen molar-refractivity contribution in [2.75, 3.05) is 6.16 Å². The number of hydrogen-bond donors (Lipinski definition) is 0. The lowest BCUT2D eigenvalue weighted by Gasteiger charge is -2.25. The molecule has 1 aliphatic heterocycles. The lowest BCUT2D eigenvalue weighted by atomic mass is 10.1. The molecule has 0 aliphatic carbocycles. The Morgan fingerprint density at radius 1 is 0.867 bits per heavy atom. The van der Waals surface area contributed by atoms with Gasteiger partial charge in [-0.2, -0.15) is 0 Å². The van der Waals surface area contributed by atoms with Gasteiger partial charge in [-0.05, 0) is 49.6 Å². The Balaban J connectivity index is 2.44. The average Bonchev–Trinajstić information content (AvgIpc) is 2.60. The topological polar surface area (TPSA) is 0 Å². The molecule has 0 radical (unpaired) electrons. The maximum Gasteiger partial charge on any atom is -0.0207 e. The standard InChI is InChI=1S/C14H29P/c1-4-7-12-15-13(8-5-2)10-11-14(15)9-6-3/h13-14H,4-12H2,1-3H3. The summed E-state index contributed by atoms with van der Waals surface area (Å²) in [7, 11) is 0.410. The van der Waals surface area contributed by atoms with Gasteiger partial charge < -0.3 is 0 Å². The van der Waals surface area contributed by atoms with E-state index in [9.17, 15) is 0 Å². The summed E-state index contributed by atoms with van der Waals surface area (Å²) in [5.41, 5.74) is 2.29. The Morgan fingerprint density at radius 2 is 1.40 bits per heavy atom. The van der Waals surface area contributed by atoms with Gasteiger partial charge in [0.05, 0.1) is 0 Å². The van der Waals surface area contributed by atoms with Crippen LogP contribution in [-0.2, 0) is 0 Å². The third kappa shape index (κ3) is 4.06. The van der Waals surface area contributed by atoms with E-state index in [1.54, 1.807) is 19.0 Å². The van der Waals surface area contributed by atoms with E-state index in [2.05, 4.69) is 20.8 Å². The fraction of sp³-hybridized carbons (Fsp3) is 1.00. The maximum absolute atomic E-state index is 2.36. The summed E-state index contributed by atoms with van der Waals surface area (Å²) < 4.78 is 0. The second-order valence-corrected chi connectivity index (χ2v) is 7.99. The number of unbranched alkanes of at least 4 members (excludes halogenated alkanes) is 1. The molecule has 2 atom stereocenters. The number of hydrogen-bond acceptors (Lipinski definition) is 0. The third-order valence-electron chi connectivity index (χ3n) is 3.78. The smallest absolute Gasteiger partial charge is 0.0207 e. The highest BCUT2D eigenvalue weighted by molar-refractivity contribution is 7.59. The van der Waals surface area contributed by atoms with Crippen LogP contribution in [0.3, 0.4) is 0 Å². The number of rotatable bonds is 7. The third-order valence-corrected chi connectivity index (χ3v) is 7.53. The summed E-state index contributed by atoms with van der Waals surface area (Å²) in [6, 6.07) is 0. The molecule has 0 saturated carbocycles. The van der Waals surface area contributed by atoms with Gasteiger partial charge in [0.15, 0.2) is 0 Å². The van der Waals surface area contributed by atoms with Crippen LogP contribution in [0.1, 0.15) is 72.1 Å².